The number of carbonyl (C=O) groups excluding carboxylic acids is 2. The van der Waals surface area contributed by atoms with Crippen molar-refractivity contribution in [3.63, 3.8) is 0 Å². The van der Waals surface area contributed by atoms with E-state index in [-0.39, 0.29) is 0 Å². The SMILES string of the molecule is COC(=O)C(CCCCN)N(C)C(=O)OC. The molecule has 0 heterocycles. The summed E-state index contributed by atoms with van der Waals surface area (Å²) in [6.45, 7) is 0.565. The number of nitrogens with zero attached hydrogens (tertiary/aromatic N) is 1. The first-order chi connectivity index (χ1) is 7.58. The Morgan fingerprint density at radius 1 is 1.25 bits per heavy atom. The molecule has 0 aliphatic carbocycles. The van der Waals surface area contributed by atoms with E-state index in [9.17, 15) is 9.59 Å². The number of rotatable bonds is 6. The van der Waals surface area contributed by atoms with Gasteiger partial charge in [-0.05, 0) is 25.8 Å². The van der Waals surface area contributed by atoms with E-state index in [1.807, 2.05) is 0 Å². The summed E-state index contributed by atoms with van der Waals surface area (Å²) >= 11 is 0. The van der Waals surface area contributed by atoms with E-state index in [2.05, 4.69) is 9.47 Å². The van der Waals surface area contributed by atoms with Crippen molar-refractivity contribution in [3.8, 4) is 0 Å². The monoisotopic (exact) mass is 232 g/mol. The molecule has 6 nitrogen and oxygen atoms in total. The average molecular weight is 232 g/mol. The second-order valence-corrected chi connectivity index (χ2v) is 3.40. The fraction of sp³-hybridized carbons (Fsp3) is 0.800. The highest BCUT2D eigenvalue weighted by Crippen LogP contribution is 2.10. The zero-order valence-electron chi connectivity index (χ0n) is 10.1. The molecule has 0 aromatic heterocycles. The number of ether oxygens (including phenoxy) is 2. The van der Waals surface area contributed by atoms with Gasteiger partial charge in [0.25, 0.3) is 0 Å². The van der Waals surface area contributed by atoms with Crippen LogP contribution in [0.3, 0.4) is 0 Å². The molecule has 2 N–H and O–H groups in total. The number of amides is 1. The number of hydrogen-bond acceptors (Lipinski definition) is 5. The van der Waals surface area contributed by atoms with Crippen LogP contribution in [0.25, 0.3) is 0 Å². The first-order valence-corrected chi connectivity index (χ1v) is 5.17. The van der Waals surface area contributed by atoms with Gasteiger partial charge in [0.15, 0.2) is 0 Å². The second-order valence-electron chi connectivity index (χ2n) is 3.40. The Hall–Kier alpha value is -1.30. The van der Waals surface area contributed by atoms with Crippen molar-refractivity contribution < 1.29 is 19.1 Å². The topological polar surface area (TPSA) is 81.9 Å². The van der Waals surface area contributed by atoms with Crippen molar-refractivity contribution in [2.24, 2.45) is 5.73 Å². The molecule has 1 amide bonds. The van der Waals surface area contributed by atoms with Crippen molar-refractivity contribution in [2.45, 2.75) is 25.3 Å². The molecule has 94 valence electrons. The predicted octanol–water partition coefficient (Wildman–Crippen LogP) is 0.355. The van der Waals surface area contributed by atoms with Gasteiger partial charge in [-0.25, -0.2) is 9.59 Å². The third-order valence-corrected chi connectivity index (χ3v) is 2.34. The van der Waals surface area contributed by atoms with Crippen LogP contribution in [0.4, 0.5) is 4.79 Å². The summed E-state index contributed by atoms with van der Waals surface area (Å²) in [4.78, 5) is 24.0. The lowest BCUT2D eigenvalue weighted by atomic mass is 10.1. The number of hydrogen-bond donors (Lipinski definition) is 1. The van der Waals surface area contributed by atoms with Gasteiger partial charge >= 0.3 is 12.1 Å². The number of nitrogens with two attached hydrogens (primary N) is 1. The molecule has 1 unspecified atom stereocenters. The molecule has 0 bridgehead atoms. The molecule has 0 aliphatic heterocycles. The Kier molecular flexibility index (Phi) is 7.28. The summed E-state index contributed by atoms with van der Waals surface area (Å²) in [5, 5.41) is 0. The lowest BCUT2D eigenvalue weighted by Gasteiger charge is -2.24. The molecule has 16 heavy (non-hydrogen) atoms. The van der Waals surface area contributed by atoms with Gasteiger partial charge in [0.05, 0.1) is 14.2 Å². The molecule has 0 aromatic rings. The normalized spacial score (nSPS) is 11.8. The molecule has 0 fully saturated rings. The van der Waals surface area contributed by atoms with Crippen molar-refractivity contribution >= 4 is 12.1 Å². The summed E-state index contributed by atoms with van der Waals surface area (Å²) < 4.78 is 9.19. The van der Waals surface area contributed by atoms with E-state index in [0.717, 1.165) is 12.8 Å². The van der Waals surface area contributed by atoms with Crippen LogP contribution < -0.4 is 5.73 Å². The van der Waals surface area contributed by atoms with Crippen LogP contribution in [0.1, 0.15) is 19.3 Å². The van der Waals surface area contributed by atoms with Gasteiger partial charge in [-0.15, -0.1) is 0 Å². The standard InChI is InChI=1S/C10H20N2O4/c1-12(10(14)16-3)8(9(13)15-2)6-4-5-7-11/h8H,4-7,11H2,1-3H3. The maximum absolute atomic E-state index is 11.5. The first-order valence-electron chi connectivity index (χ1n) is 5.17. The molecule has 1 atom stereocenters. The van der Waals surface area contributed by atoms with Crippen molar-refractivity contribution in [1.82, 2.24) is 4.90 Å². The number of likely N-dealkylation sites (N-methyl/N-ethyl adjacent to an activating group) is 1. The average Bonchev–Trinajstić information content (AvgIpc) is 2.32. The highest BCUT2D eigenvalue weighted by Gasteiger charge is 2.27. The highest BCUT2D eigenvalue weighted by molar-refractivity contribution is 5.81. The molecular formula is C10H20N2O4. The Labute approximate surface area is 95.7 Å². The van der Waals surface area contributed by atoms with Crippen LogP contribution in [0, 0.1) is 0 Å². The van der Waals surface area contributed by atoms with Crippen LogP contribution in [0.5, 0.6) is 0 Å². The van der Waals surface area contributed by atoms with Gasteiger partial charge in [0.1, 0.15) is 6.04 Å². The van der Waals surface area contributed by atoms with Gasteiger partial charge in [0.2, 0.25) is 0 Å². The highest BCUT2D eigenvalue weighted by atomic mass is 16.5. The smallest absolute Gasteiger partial charge is 0.409 e. The molecule has 0 saturated carbocycles. The number of esters is 1. The number of methoxy groups -OCH3 is 2. The van der Waals surface area contributed by atoms with Crippen molar-refractivity contribution in [3.05, 3.63) is 0 Å². The summed E-state index contributed by atoms with van der Waals surface area (Å²) in [6, 6.07) is -0.607. The van der Waals surface area contributed by atoms with E-state index in [4.69, 9.17) is 5.73 Å². The molecule has 0 rings (SSSR count). The second kappa shape index (κ2) is 7.92. The third-order valence-electron chi connectivity index (χ3n) is 2.34. The van der Waals surface area contributed by atoms with E-state index in [0.29, 0.717) is 13.0 Å². The largest absolute Gasteiger partial charge is 0.467 e. The van der Waals surface area contributed by atoms with Gasteiger partial charge in [0, 0.05) is 7.05 Å². The molecule has 0 aromatic carbocycles. The predicted molar refractivity (Wildman–Crippen MR) is 58.9 cm³/mol. The Morgan fingerprint density at radius 2 is 1.88 bits per heavy atom. The molecule has 0 aliphatic rings. The van der Waals surface area contributed by atoms with E-state index >= 15 is 0 Å². The third kappa shape index (κ3) is 4.48. The lowest BCUT2D eigenvalue weighted by Crippen LogP contribution is -2.43. The zero-order chi connectivity index (χ0) is 12.6. The summed E-state index contributed by atoms with van der Waals surface area (Å²) in [7, 11) is 4.08. The van der Waals surface area contributed by atoms with Crippen molar-refractivity contribution in [1.29, 1.82) is 0 Å². The van der Waals surface area contributed by atoms with Crippen LogP contribution in [0.2, 0.25) is 0 Å². The minimum Gasteiger partial charge on any atom is -0.467 e. The minimum atomic E-state index is -0.607. The molecule has 0 radical (unpaired) electrons. The van der Waals surface area contributed by atoms with Crippen LogP contribution in [-0.2, 0) is 14.3 Å². The van der Waals surface area contributed by atoms with E-state index < -0.39 is 18.1 Å². The maximum Gasteiger partial charge on any atom is 0.409 e. The van der Waals surface area contributed by atoms with Crippen LogP contribution in [0.15, 0.2) is 0 Å². The quantitative estimate of drug-likeness (QED) is 0.528. The number of carbonyl (C=O) groups is 2. The zero-order valence-corrected chi connectivity index (χ0v) is 10.1. The molecular weight excluding hydrogens is 212 g/mol. The summed E-state index contributed by atoms with van der Waals surface area (Å²) in [6.07, 6.45) is 1.54. The lowest BCUT2D eigenvalue weighted by molar-refractivity contribution is -0.146. The van der Waals surface area contributed by atoms with Crippen molar-refractivity contribution in [2.75, 3.05) is 27.8 Å². The fourth-order valence-corrected chi connectivity index (χ4v) is 1.36. The summed E-state index contributed by atoms with van der Waals surface area (Å²) in [5.74, 6) is -0.440. The van der Waals surface area contributed by atoms with E-state index in [1.165, 1.54) is 26.2 Å². The first kappa shape index (κ1) is 14.7. The minimum absolute atomic E-state index is 0.440. The van der Waals surface area contributed by atoms with Gasteiger partial charge in [-0.2, -0.15) is 0 Å². The van der Waals surface area contributed by atoms with Crippen LogP contribution >= 0.6 is 0 Å². The Bertz CT molecular complexity index is 233. The maximum atomic E-state index is 11.5. The summed E-state index contributed by atoms with van der Waals surface area (Å²) in [5.41, 5.74) is 5.36. The van der Waals surface area contributed by atoms with Gasteiger partial charge in [-0.3, -0.25) is 4.90 Å². The van der Waals surface area contributed by atoms with Gasteiger partial charge < -0.3 is 15.2 Å². The van der Waals surface area contributed by atoms with Gasteiger partial charge in [-0.1, -0.05) is 0 Å². The molecule has 6 heteroatoms. The fourth-order valence-electron chi connectivity index (χ4n) is 1.36. The Morgan fingerprint density at radius 3 is 2.31 bits per heavy atom. The van der Waals surface area contributed by atoms with Crippen LogP contribution in [-0.4, -0.2) is 50.8 Å². The van der Waals surface area contributed by atoms with E-state index in [1.54, 1.807) is 0 Å². The molecule has 0 saturated heterocycles. The Balaban J connectivity index is 4.41. The number of unbranched alkanes of at least 4 members (excludes halogenated alkanes) is 1. The molecule has 0 spiro atoms.